The first kappa shape index (κ1) is 48.4. The Morgan fingerprint density at radius 3 is 0.980 bits per heavy atom. The van der Waals surface area contributed by atoms with E-state index in [1.54, 1.807) is 0 Å². The SMILES string of the molecule is CCCCCCCCCCCCC(=O)OC[C@H](COC(=O)CCCCCCCCCCCC(C)C)OC(=O)CCCCCCCCCC(C)C. The second-order valence-corrected chi connectivity index (χ2v) is 15.9. The second kappa shape index (κ2) is 37.2. The van der Waals surface area contributed by atoms with Gasteiger partial charge in [0.05, 0.1) is 0 Å². The lowest BCUT2D eigenvalue weighted by molar-refractivity contribution is -0.167. The van der Waals surface area contributed by atoms with Crippen LogP contribution in [0.1, 0.15) is 234 Å². The number of hydrogen-bond acceptors (Lipinski definition) is 6. The normalized spacial score (nSPS) is 12.1. The highest BCUT2D eigenvalue weighted by molar-refractivity contribution is 5.71. The zero-order valence-electron chi connectivity index (χ0n) is 34.0. The van der Waals surface area contributed by atoms with E-state index < -0.39 is 6.10 Å². The summed E-state index contributed by atoms with van der Waals surface area (Å²) in [5.41, 5.74) is 0. The fraction of sp³-hybridized carbons (Fsp3) is 0.932. The maximum absolute atomic E-state index is 12.6. The molecule has 6 nitrogen and oxygen atoms in total. The monoisotopic (exact) mass is 709 g/mol. The smallest absolute Gasteiger partial charge is 0.306 e. The zero-order chi connectivity index (χ0) is 36.9. The van der Waals surface area contributed by atoms with Gasteiger partial charge in [0.1, 0.15) is 13.2 Å². The summed E-state index contributed by atoms with van der Waals surface area (Å²) in [6.07, 6.45) is 33.8. The molecule has 0 N–H and O–H groups in total. The fourth-order valence-corrected chi connectivity index (χ4v) is 6.40. The summed E-state index contributed by atoms with van der Waals surface area (Å²) < 4.78 is 16.7. The van der Waals surface area contributed by atoms with Gasteiger partial charge in [-0.1, -0.05) is 195 Å². The number of hydrogen-bond donors (Lipinski definition) is 0. The molecule has 296 valence electrons. The summed E-state index contributed by atoms with van der Waals surface area (Å²) in [6.45, 7) is 11.2. The van der Waals surface area contributed by atoms with Crippen molar-refractivity contribution in [2.75, 3.05) is 13.2 Å². The van der Waals surface area contributed by atoms with Crippen molar-refractivity contribution in [2.45, 2.75) is 240 Å². The van der Waals surface area contributed by atoms with E-state index in [4.69, 9.17) is 14.2 Å². The van der Waals surface area contributed by atoms with E-state index in [1.807, 2.05) is 0 Å². The number of esters is 3. The quantitative estimate of drug-likeness (QED) is 0.0361. The van der Waals surface area contributed by atoms with Crippen molar-refractivity contribution in [3.63, 3.8) is 0 Å². The molecule has 0 rings (SSSR count). The molecule has 0 saturated carbocycles. The molecule has 6 heteroatoms. The molecule has 0 spiro atoms. The van der Waals surface area contributed by atoms with Gasteiger partial charge in [-0.15, -0.1) is 0 Å². The van der Waals surface area contributed by atoms with E-state index in [0.717, 1.165) is 69.6 Å². The summed E-state index contributed by atoms with van der Waals surface area (Å²) in [6, 6.07) is 0. The van der Waals surface area contributed by atoms with Crippen LogP contribution in [0.4, 0.5) is 0 Å². The average molecular weight is 709 g/mol. The molecule has 0 heterocycles. The van der Waals surface area contributed by atoms with Crippen molar-refractivity contribution in [3.05, 3.63) is 0 Å². The van der Waals surface area contributed by atoms with Crippen LogP contribution in [0, 0.1) is 11.8 Å². The number of carbonyl (C=O) groups is 3. The van der Waals surface area contributed by atoms with Crippen molar-refractivity contribution in [1.29, 1.82) is 0 Å². The second-order valence-electron chi connectivity index (χ2n) is 15.9. The molecule has 0 radical (unpaired) electrons. The molecule has 0 aromatic heterocycles. The Morgan fingerprint density at radius 2 is 0.660 bits per heavy atom. The van der Waals surface area contributed by atoms with Gasteiger partial charge in [0.15, 0.2) is 6.10 Å². The predicted octanol–water partition coefficient (Wildman–Crippen LogP) is 13.4. The Kier molecular flexibility index (Phi) is 36.0. The highest BCUT2D eigenvalue weighted by Gasteiger charge is 2.19. The van der Waals surface area contributed by atoms with Crippen molar-refractivity contribution in [1.82, 2.24) is 0 Å². The van der Waals surface area contributed by atoms with Crippen LogP contribution in [0.25, 0.3) is 0 Å². The third-order valence-corrected chi connectivity index (χ3v) is 9.72. The van der Waals surface area contributed by atoms with Gasteiger partial charge >= 0.3 is 17.9 Å². The summed E-state index contributed by atoms with van der Waals surface area (Å²) in [5.74, 6) is 0.721. The van der Waals surface area contributed by atoms with E-state index in [1.165, 1.54) is 122 Å². The van der Waals surface area contributed by atoms with E-state index in [-0.39, 0.29) is 31.1 Å². The average Bonchev–Trinajstić information content (AvgIpc) is 3.08. The molecular formula is C44H84O6. The lowest BCUT2D eigenvalue weighted by Crippen LogP contribution is -2.30. The molecule has 0 aliphatic heterocycles. The molecule has 0 aliphatic rings. The number of unbranched alkanes of at least 4 members (excludes halogenated alkanes) is 23. The molecule has 0 aromatic rings. The van der Waals surface area contributed by atoms with Crippen molar-refractivity contribution >= 4 is 17.9 Å². The third-order valence-electron chi connectivity index (χ3n) is 9.72. The Labute approximate surface area is 310 Å². The highest BCUT2D eigenvalue weighted by atomic mass is 16.6. The zero-order valence-corrected chi connectivity index (χ0v) is 34.0. The van der Waals surface area contributed by atoms with E-state index in [0.29, 0.717) is 19.3 Å². The largest absolute Gasteiger partial charge is 0.462 e. The Morgan fingerprint density at radius 1 is 0.380 bits per heavy atom. The van der Waals surface area contributed by atoms with Gasteiger partial charge in [-0.25, -0.2) is 0 Å². The number of carbonyl (C=O) groups excluding carboxylic acids is 3. The first-order valence-electron chi connectivity index (χ1n) is 21.7. The summed E-state index contributed by atoms with van der Waals surface area (Å²) in [4.78, 5) is 37.6. The molecule has 0 aliphatic carbocycles. The fourth-order valence-electron chi connectivity index (χ4n) is 6.40. The number of ether oxygens (including phenoxy) is 3. The molecule has 0 fully saturated rings. The van der Waals surface area contributed by atoms with Crippen molar-refractivity contribution in [3.8, 4) is 0 Å². The molecule has 0 bridgehead atoms. The van der Waals surface area contributed by atoms with Crippen LogP contribution >= 0.6 is 0 Å². The Balaban J connectivity index is 4.34. The van der Waals surface area contributed by atoms with E-state index in [2.05, 4.69) is 34.6 Å². The molecular weight excluding hydrogens is 624 g/mol. The van der Waals surface area contributed by atoms with Crippen LogP contribution in [0.5, 0.6) is 0 Å². The lowest BCUT2D eigenvalue weighted by Gasteiger charge is -2.18. The predicted molar refractivity (Wildman–Crippen MR) is 210 cm³/mol. The van der Waals surface area contributed by atoms with Crippen LogP contribution in [-0.4, -0.2) is 37.2 Å². The first-order chi connectivity index (χ1) is 24.2. The van der Waals surface area contributed by atoms with Crippen LogP contribution in [0.15, 0.2) is 0 Å². The van der Waals surface area contributed by atoms with Crippen molar-refractivity contribution < 1.29 is 28.6 Å². The Bertz CT molecular complexity index is 764. The van der Waals surface area contributed by atoms with Gasteiger partial charge in [-0.3, -0.25) is 14.4 Å². The lowest BCUT2D eigenvalue weighted by atomic mass is 10.0. The Hall–Kier alpha value is -1.59. The molecule has 0 unspecified atom stereocenters. The summed E-state index contributed by atoms with van der Waals surface area (Å²) >= 11 is 0. The molecule has 1 atom stereocenters. The standard InChI is InChI=1S/C44H84O6/c1-6-7-8-9-10-11-14-19-24-29-34-42(45)48-37-41(50-44(47)36-31-26-21-16-18-23-28-33-40(4)5)38-49-43(46)35-30-25-20-15-12-13-17-22-27-32-39(2)3/h39-41H,6-38H2,1-5H3/t41-/m1/s1. The highest BCUT2D eigenvalue weighted by Crippen LogP contribution is 2.16. The van der Waals surface area contributed by atoms with Gasteiger partial charge < -0.3 is 14.2 Å². The third kappa shape index (κ3) is 37.7. The van der Waals surface area contributed by atoms with Crippen LogP contribution in [-0.2, 0) is 28.6 Å². The van der Waals surface area contributed by atoms with E-state index in [9.17, 15) is 14.4 Å². The van der Waals surface area contributed by atoms with Gasteiger partial charge in [0, 0.05) is 19.3 Å². The topological polar surface area (TPSA) is 78.9 Å². The van der Waals surface area contributed by atoms with Crippen LogP contribution in [0.2, 0.25) is 0 Å². The molecule has 0 aromatic carbocycles. The van der Waals surface area contributed by atoms with E-state index >= 15 is 0 Å². The van der Waals surface area contributed by atoms with Gasteiger partial charge in [-0.2, -0.15) is 0 Å². The minimum Gasteiger partial charge on any atom is -0.462 e. The van der Waals surface area contributed by atoms with Crippen LogP contribution < -0.4 is 0 Å². The minimum absolute atomic E-state index is 0.0660. The van der Waals surface area contributed by atoms with Gasteiger partial charge in [-0.05, 0) is 31.1 Å². The number of rotatable bonds is 38. The van der Waals surface area contributed by atoms with Crippen molar-refractivity contribution in [2.24, 2.45) is 11.8 Å². The minimum atomic E-state index is -0.760. The maximum atomic E-state index is 12.6. The molecule has 50 heavy (non-hydrogen) atoms. The summed E-state index contributed by atoms with van der Waals surface area (Å²) in [5, 5.41) is 0. The maximum Gasteiger partial charge on any atom is 0.306 e. The summed E-state index contributed by atoms with van der Waals surface area (Å²) in [7, 11) is 0. The van der Waals surface area contributed by atoms with Crippen LogP contribution in [0.3, 0.4) is 0 Å². The molecule has 0 amide bonds. The van der Waals surface area contributed by atoms with Gasteiger partial charge in [0.25, 0.3) is 0 Å². The first-order valence-corrected chi connectivity index (χ1v) is 21.7. The molecule has 0 saturated heterocycles. The van der Waals surface area contributed by atoms with Gasteiger partial charge in [0.2, 0.25) is 0 Å².